The minimum atomic E-state index is -0.964. The number of carbonyl (C=O) groups excluding carboxylic acids is 1. The summed E-state index contributed by atoms with van der Waals surface area (Å²) in [5.41, 5.74) is 0. The van der Waals surface area contributed by atoms with E-state index in [0.29, 0.717) is 6.42 Å². The number of esters is 1. The van der Waals surface area contributed by atoms with Crippen molar-refractivity contribution in [1.29, 1.82) is 0 Å². The molecule has 0 aromatic heterocycles. The molecule has 1 atom stereocenters. The van der Waals surface area contributed by atoms with E-state index >= 15 is 0 Å². The van der Waals surface area contributed by atoms with Crippen LogP contribution >= 0.6 is 0 Å². The summed E-state index contributed by atoms with van der Waals surface area (Å²) in [5.74, 6) is -0.293. The lowest BCUT2D eigenvalue weighted by Gasteiger charge is -2.08. The van der Waals surface area contributed by atoms with Crippen LogP contribution in [0.3, 0.4) is 0 Å². The number of rotatable bonds is 17. The molecule has 2 N–H and O–H groups in total. The summed E-state index contributed by atoms with van der Waals surface area (Å²) >= 11 is 0. The number of unbranched alkanes of at least 4 members (excludes halogenated alkanes) is 8. The zero-order chi connectivity index (χ0) is 18.6. The maximum absolute atomic E-state index is 11.4. The third kappa shape index (κ3) is 19.0. The van der Waals surface area contributed by atoms with Gasteiger partial charge in [-0.25, -0.2) is 0 Å². The first-order valence-corrected chi connectivity index (χ1v) is 9.95. The van der Waals surface area contributed by atoms with E-state index in [1.54, 1.807) is 0 Å². The summed E-state index contributed by atoms with van der Waals surface area (Å²) in [6.07, 6.45) is 21.1. The molecule has 0 heterocycles. The Balaban J connectivity index is 3.30. The second-order valence-electron chi connectivity index (χ2n) is 6.50. The molecule has 0 amide bonds. The molecule has 0 aliphatic heterocycles. The zero-order valence-corrected chi connectivity index (χ0v) is 16.0. The molecular formula is C21H38O4. The van der Waals surface area contributed by atoms with Gasteiger partial charge in [0.05, 0.1) is 6.61 Å². The Morgan fingerprint density at radius 1 is 0.920 bits per heavy atom. The van der Waals surface area contributed by atoms with E-state index < -0.39 is 6.10 Å². The molecule has 0 aliphatic rings. The van der Waals surface area contributed by atoms with Gasteiger partial charge in [0.2, 0.25) is 0 Å². The summed E-state index contributed by atoms with van der Waals surface area (Å²) in [6.45, 7) is 1.74. The highest BCUT2D eigenvalue weighted by Crippen LogP contribution is 2.08. The Bertz CT molecular complexity index is 350. The molecular weight excluding hydrogens is 316 g/mol. The van der Waals surface area contributed by atoms with Crippen molar-refractivity contribution in [3.63, 3.8) is 0 Å². The predicted molar refractivity (Wildman–Crippen MR) is 103 cm³/mol. The molecule has 4 heteroatoms. The summed E-state index contributed by atoms with van der Waals surface area (Å²) in [5, 5.41) is 17.7. The fourth-order valence-electron chi connectivity index (χ4n) is 2.39. The number of hydrogen-bond donors (Lipinski definition) is 2. The van der Waals surface area contributed by atoms with Crippen molar-refractivity contribution >= 4 is 5.97 Å². The van der Waals surface area contributed by atoms with Crippen LogP contribution in [0, 0.1) is 0 Å². The van der Waals surface area contributed by atoms with Gasteiger partial charge in [-0.15, -0.1) is 0 Å². The van der Waals surface area contributed by atoms with E-state index in [-0.39, 0.29) is 19.2 Å². The standard InChI is InChI=1S/C21H38O4/c1-2-3-4-5-6-7-8-9-10-11-12-13-14-15-16-17-21(24)25-19-20(23)18-22/h6-7,9-10,20,22-23H,2-5,8,11-19H2,1H3/b7-6+,10-9-/t20-/m1/s1. The molecule has 4 nitrogen and oxygen atoms in total. The highest BCUT2D eigenvalue weighted by atomic mass is 16.5. The zero-order valence-electron chi connectivity index (χ0n) is 16.0. The van der Waals surface area contributed by atoms with Gasteiger partial charge in [-0.05, 0) is 38.5 Å². The molecule has 0 spiro atoms. The van der Waals surface area contributed by atoms with Gasteiger partial charge in [-0.3, -0.25) is 4.79 Å². The summed E-state index contributed by atoms with van der Waals surface area (Å²) in [4.78, 5) is 11.4. The van der Waals surface area contributed by atoms with Crippen molar-refractivity contribution in [2.24, 2.45) is 0 Å². The fraction of sp³-hybridized carbons (Fsp3) is 0.762. The average Bonchev–Trinajstić information content (AvgIpc) is 2.62. The second-order valence-corrected chi connectivity index (χ2v) is 6.50. The molecule has 0 radical (unpaired) electrons. The van der Waals surface area contributed by atoms with Gasteiger partial charge in [-0.2, -0.15) is 0 Å². The normalized spacial score (nSPS) is 12.9. The van der Waals surface area contributed by atoms with Crippen LogP contribution < -0.4 is 0 Å². The molecule has 0 unspecified atom stereocenters. The minimum absolute atomic E-state index is 0.115. The summed E-state index contributed by atoms with van der Waals surface area (Å²) in [7, 11) is 0. The van der Waals surface area contributed by atoms with Crippen molar-refractivity contribution in [3.8, 4) is 0 Å². The number of carbonyl (C=O) groups is 1. The quantitative estimate of drug-likeness (QED) is 0.226. The lowest BCUT2D eigenvalue weighted by atomic mass is 10.1. The molecule has 0 saturated heterocycles. The van der Waals surface area contributed by atoms with Crippen LogP contribution in [0.25, 0.3) is 0 Å². The molecule has 146 valence electrons. The van der Waals surface area contributed by atoms with E-state index in [4.69, 9.17) is 14.9 Å². The molecule has 0 aromatic carbocycles. The van der Waals surface area contributed by atoms with Crippen LogP contribution in [-0.4, -0.2) is 35.5 Å². The van der Waals surface area contributed by atoms with Gasteiger partial charge in [0.25, 0.3) is 0 Å². The highest BCUT2D eigenvalue weighted by molar-refractivity contribution is 5.69. The van der Waals surface area contributed by atoms with Gasteiger partial charge in [0, 0.05) is 6.42 Å². The van der Waals surface area contributed by atoms with Gasteiger partial charge < -0.3 is 14.9 Å². The van der Waals surface area contributed by atoms with Crippen LogP contribution in [0.5, 0.6) is 0 Å². The first-order valence-electron chi connectivity index (χ1n) is 9.95. The van der Waals surface area contributed by atoms with Gasteiger partial charge in [0.15, 0.2) is 0 Å². The van der Waals surface area contributed by atoms with E-state index in [1.807, 2.05) is 0 Å². The van der Waals surface area contributed by atoms with Crippen LogP contribution in [0.4, 0.5) is 0 Å². The van der Waals surface area contributed by atoms with Crippen molar-refractivity contribution < 1.29 is 19.7 Å². The Morgan fingerprint density at radius 3 is 2.16 bits per heavy atom. The molecule has 25 heavy (non-hydrogen) atoms. The first-order chi connectivity index (χ1) is 12.2. The number of hydrogen-bond acceptors (Lipinski definition) is 4. The van der Waals surface area contributed by atoms with Crippen LogP contribution in [0.1, 0.15) is 84.0 Å². The molecule has 0 aliphatic carbocycles. The van der Waals surface area contributed by atoms with E-state index in [0.717, 1.165) is 32.1 Å². The Hall–Kier alpha value is -1.13. The van der Waals surface area contributed by atoms with Crippen LogP contribution in [0.15, 0.2) is 24.3 Å². The molecule has 0 bridgehead atoms. The predicted octanol–water partition coefficient (Wildman–Crippen LogP) is 4.70. The maximum atomic E-state index is 11.4. The SMILES string of the molecule is CCCCC/C=C/C/C=C\CCCCCCCC(=O)OC[C@H](O)CO. The number of ether oxygens (including phenoxy) is 1. The first kappa shape index (κ1) is 23.9. The molecule has 0 saturated carbocycles. The number of aliphatic hydroxyl groups excluding tert-OH is 2. The lowest BCUT2D eigenvalue weighted by Crippen LogP contribution is -2.21. The lowest BCUT2D eigenvalue weighted by molar-refractivity contribution is -0.147. The summed E-state index contributed by atoms with van der Waals surface area (Å²) in [6, 6.07) is 0. The Kier molecular flexibility index (Phi) is 18.3. The second kappa shape index (κ2) is 19.2. The van der Waals surface area contributed by atoms with Gasteiger partial charge >= 0.3 is 5.97 Å². The average molecular weight is 355 g/mol. The number of allylic oxidation sites excluding steroid dienone is 4. The largest absolute Gasteiger partial charge is 0.463 e. The fourth-order valence-corrected chi connectivity index (χ4v) is 2.39. The molecule has 0 aromatic rings. The minimum Gasteiger partial charge on any atom is -0.463 e. The van der Waals surface area contributed by atoms with Crippen LogP contribution in [0.2, 0.25) is 0 Å². The number of aliphatic hydroxyl groups is 2. The Morgan fingerprint density at radius 2 is 1.52 bits per heavy atom. The van der Waals surface area contributed by atoms with Gasteiger partial charge in [0.1, 0.15) is 12.7 Å². The highest BCUT2D eigenvalue weighted by Gasteiger charge is 2.07. The van der Waals surface area contributed by atoms with Crippen molar-refractivity contribution in [3.05, 3.63) is 24.3 Å². The van der Waals surface area contributed by atoms with Crippen molar-refractivity contribution in [2.75, 3.05) is 13.2 Å². The third-order valence-corrected chi connectivity index (χ3v) is 3.98. The van der Waals surface area contributed by atoms with Crippen LogP contribution in [-0.2, 0) is 9.53 Å². The van der Waals surface area contributed by atoms with E-state index in [2.05, 4.69) is 31.2 Å². The monoisotopic (exact) mass is 354 g/mol. The third-order valence-electron chi connectivity index (χ3n) is 3.98. The summed E-state index contributed by atoms with van der Waals surface area (Å²) < 4.78 is 4.85. The molecule has 0 rings (SSSR count). The maximum Gasteiger partial charge on any atom is 0.305 e. The van der Waals surface area contributed by atoms with E-state index in [1.165, 1.54) is 38.5 Å². The topological polar surface area (TPSA) is 66.8 Å². The van der Waals surface area contributed by atoms with E-state index in [9.17, 15) is 4.79 Å². The van der Waals surface area contributed by atoms with Crippen molar-refractivity contribution in [2.45, 2.75) is 90.1 Å². The van der Waals surface area contributed by atoms with Crippen molar-refractivity contribution in [1.82, 2.24) is 0 Å². The smallest absolute Gasteiger partial charge is 0.305 e. The van der Waals surface area contributed by atoms with Gasteiger partial charge in [-0.1, -0.05) is 63.3 Å². The molecule has 0 fully saturated rings. The Labute approximate surface area is 154 Å².